The van der Waals surface area contributed by atoms with Crippen molar-refractivity contribution in [1.82, 2.24) is 4.90 Å². The van der Waals surface area contributed by atoms with Crippen LogP contribution < -0.4 is 10.6 Å². The van der Waals surface area contributed by atoms with Crippen LogP contribution in [0.15, 0.2) is 66.7 Å². The summed E-state index contributed by atoms with van der Waals surface area (Å²) in [5.74, 6) is -4.89. The minimum absolute atomic E-state index is 0.0268. The van der Waals surface area contributed by atoms with Crippen LogP contribution in [0.4, 0.5) is 11.4 Å². The number of rotatable bonds is 11. The molecule has 0 bridgehead atoms. The third-order valence-corrected chi connectivity index (χ3v) is 7.07. The van der Waals surface area contributed by atoms with Crippen molar-refractivity contribution in [3.63, 3.8) is 0 Å². The van der Waals surface area contributed by atoms with Crippen LogP contribution in [0, 0.1) is 5.92 Å². The quantitative estimate of drug-likeness (QED) is 0.220. The Labute approximate surface area is 262 Å². The van der Waals surface area contributed by atoms with E-state index in [2.05, 4.69) is 10.6 Å². The van der Waals surface area contributed by atoms with Gasteiger partial charge in [0.15, 0.2) is 13.2 Å². The third-order valence-electron chi connectivity index (χ3n) is 6.41. The molecule has 11 nitrogen and oxygen atoms in total. The Morgan fingerprint density at radius 1 is 0.750 bits per heavy atom. The fraction of sp³-hybridized carbons (Fsp3) is 0.226. The standard InChI is InChI=1S/C31H27Cl2N3O8/c1-17(2)13-25(31(42)44-16-27(38)35-24-10-6-4-8-22(24)33)36-28(39)19-12-11-18(14-20(19)29(36)40)30(41)43-15-26(37)34-23-9-5-3-7-21(23)32/h3-12,14,17,25H,13,15-16H2,1-2H3,(H,34,37)(H,35,38)/t25-/m1/s1. The first-order chi connectivity index (χ1) is 21.0. The maximum atomic E-state index is 13.4. The van der Waals surface area contributed by atoms with Crippen LogP contribution in [0.25, 0.3) is 0 Å². The molecule has 1 aliphatic rings. The molecule has 0 saturated carbocycles. The summed E-state index contributed by atoms with van der Waals surface area (Å²) in [6.45, 7) is 2.27. The minimum atomic E-state index is -1.33. The smallest absolute Gasteiger partial charge is 0.338 e. The predicted molar refractivity (Wildman–Crippen MR) is 162 cm³/mol. The summed E-state index contributed by atoms with van der Waals surface area (Å²) in [6, 6.07) is 15.4. The largest absolute Gasteiger partial charge is 0.454 e. The molecule has 1 heterocycles. The fourth-order valence-corrected chi connectivity index (χ4v) is 4.73. The van der Waals surface area contributed by atoms with Crippen molar-refractivity contribution < 1.29 is 38.2 Å². The van der Waals surface area contributed by atoms with Crippen molar-refractivity contribution in [1.29, 1.82) is 0 Å². The van der Waals surface area contributed by atoms with Gasteiger partial charge in [-0.2, -0.15) is 0 Å². The van der Waals surface area contributed by atoms with E-state index in [-0.39, 0.29) is 29.0 Å². The molecular formula is C31H27Cl2N3O8. The number of hydrogen-bond acceptors (Lipinski definition) is 8. The van der Waals surface area contributed by atoms with Gasteiger partial charge in [0.2, 0.25) is 0 Å². The lowest BCUT2D eigenvalue weighted by Gasteiger charge is -2.25. The van der Waals surface area contributed by atoms with E-state index in [1.807, 2.05) is 0 Å². The first-order valence-corrected chi connectivity index (χ1v) is 14.2. The molecule has 0 aromatic heterocycles. The fourth-order valence-electron chi connectivity index (χ4n) is 4.37. The first kappa shape index (κ1) is 32.2. The molecule has 44 heavy (non-hydrogen) atoms. The monoisotopic (exact) mass is 639 g/mol. The van der Waals surface area contributed by atoms with Gasteiger partial charge in [0.1, 0.15) is 6.04 Å². The molecule has 0 aliphatic carbocycles. The second kappa shape index (κ2) is 14.2. The number of carbonyl (C=O) groups is 6. The molecule has 4 amide bonds. The zero-order chi connectivity index (χ0) is 32.0. The molecule has 4 rings (SSSR count). The number of benzene rings is 3. The third kappa shape index (κ3) is 7.61. The molecule has 13 heteroatoms. The summed E-state index contributed by atoms with van der Waals surface area (Å²) in [6.07, 6.45) is 0.0614. The molecule has 1 atom stereocenters. The van der Waals surface area contributed by atoms with Crippen molar-refractivity contribution in [3.8, 4) is 0 Å². The zero-order valence-corrected chi connectivity index (χ0v) is 25.1. The van der Waals surface area contributed by atoms with Crippen molar-refractivity contribution in [2.75, 3.05) is 23.8 Å². The molecule has 0 saturated heterocycles. The molecule has 1 aliphatic heterocycles. The normalized spacial score (nSPS) is 12.9. The number of nitrogens with zero attached hydrogens (tertiary/aromatic N) is 1. The highest BCUT2D eigenvalue weighted by Gasteiger charge is 2.44. The van der Waals surface area contributed by atoms with Crippen LogP contribution in [-0.2, 0) is 23.9 Å². The lowest BCUT2D eigenvalue weighted by molar-refractivity contribution is -0.151. The predicted octanol–water partition coefficient (Wildman–Crippen LogP) is 4.98. The first-order valence-electron chi connectivity index (χ1n) is 13.4. The SMILES string of the molecule is CC(C)C[C@H](C(=O)OCC(=O)Nc1ccccc1Cl)N1C(=O)c2ccc(C(=O)OCC(=O)Nc3ccccc3Cl)cc2C1=O. The van der Waals surface area contributed by atoms with Crippen LogP contribution in [0.5, 0.6) is 0 Å². The topological polar surface area (TPSA) is 148 Å². The minimum Gasteiger partial charge on any atom is -0.454 e. The Morgan fingerprint density at radius 2 is 1.27 bits per heavy atom. The second-order valence-electron chi connectivity index (χ2n) is 10.1. The number of hydrogen-bond donors (Lipinski definition) is 2. The number of anilines is 2. The maximum Gasteiger partial charge on any atom is 0.338 e. The Morgan fingerprint density at radius 3 is 1.82 bits per heavy atom. The molecule has 228 valence electrons. The lowest BCUT2D eigenvalue weighted by atomic mass is 10.0. The van der Waals surface area contributed by atoms with Crippen molar-refractivity contribution in [3.05, 3.63) is 93.5 Å². The van der Waals surface area contributed by atoms with Crippen LogP contribution in [0.2, 0.25) is 10.0 Å². The number of fused-ring (bicyclic) bond motifs is 1. The molecule has 0 radical (unpaired) electrons. The molecule has 2 N–H and O–H groups in total. The van der Waals surface area contributed by atoms with E-state index in [1.54, 1.807) is 62.4 Å². The van der Waals surface area contributed by atoms with Gasteiger partial charge in [-0.3, -0.25) is 24.1 Å². The summed E-state index contributed by atoms with van der Waals surface area (Å²) < 4.78 is 10.3. The average molecular weight is 640 g/mol. The van der Waals surface area contributed by atoms with Crippen LogP contribution in [-0.4, -0.2) is 59.7 Å². The van der Waals surface area contributed by atoms with E-state index in [1.165, 1.54) is 18.2 Å². The summed E-state index contributed by atoms with van der Waals surface area (Å²) in [7, 11) is 0. The molecule has 3 aromatic rings. The van der Waals surface area contributed by atoms with Gasteiger partial charge in [-0.15, -0.1) is 0 Å². The number of para-hydroxylation sites is 2. The number of ether oxygens (including phenoxy) is 2. The number of halogens is 2. The summed E-state index contributed by atoms with van der Waals surface area (Å²) in [5.41, 5.74) is 0.429. The number of imide groups is 1. The summed E-state index contributed by atoms with van der Waals surface area (Å²) >= 11 is 12.1. The Balaban J connectivity index is 1.42. The number of nitrogens with one attached hydrogen (secondary N) is 2. The highest BCUT2D eigenvalue weighted by atomic mass is 35.5. The Kier molecular flexibility index (Phi) is 10.4. The van der Waals surface area contributed by atoms with Gasteiger partial charge in [0.25, 0.3) is 23.6 Å². The molecule has 0 fully saturated rings. The Bertz CT molecular complexity index is 1640. The molecule has 0 unspecified atom stereocenters. The van der Waals surface area contributed by atoms with Crippen LogP contribution in [0.1, 0.15) is 51.3 Å². The number of amides is 4. The van der Waals surface area contributed by atoms with E-state index >= 15 is 0 Å². The van der Waals surface area contributed by atoms with E-state index in [0.717, 1.165) is 4.90 Å². The van der Waals surface area contributed by atoms with Gasteiger partial charge in [0.05, 0.1) is 38.1 Å². The summed E-state index contributed by atoms with van der Waals surface area (Å²) in [4.78, 5) is 77.8. The lowest BCUT2D eigenvalue weighted by Crippen LogP contribution is -2.46. The highest BCUT2D eigenvalue weighted by molar-refractivity contribution is 6.34. The van der Waals surface area contributed by atoms with E-state index in [9.17, 15) is 28.8 Å². The van der Waals surface area contributed by atoms with E-state index in [0.29, 0.717) is 21.4 Å². The average Bonchev–Trinajstić information content (AvgIpc) is 3.24. The summed E-state index contributed by atoms with van der Waals surface area (Å²) in [5, 5.41) is 5.64. The van der Waals surface area contributed by atoms with Gasteiger partial charge >= 0.3 is 11.9 Å². The number of carbonyl (C=O) groups excluding carboxylic acids is 6. The van der Waals surface area contributed by atoms with Crippen molar-refractivity contribution in [2.24, 2.45) is 5.92 Å². The van der Waals surface area contributed by atoms with Gasteiger partial charge in [0, 0.05) is 0 Å². The molecule has 3 aromatic carbocycles. The molecular weight excluding hydrogens is 613 g/mol. The van der Waals surface area contributed by atoms with Gasteiger partial charge in [-0.25, -0.2) is 9.59 Å². The van der Waals surface area contributed by atoms with Gasteiger partial charge < -0.3 is 20.1 Å². The second-order valence-corrected chi connectivity index (χ2v) is 10.9. The molecule has 0 spiro atoms. The number of esters is 2. The Hall–Kier alpha value is -4.74. The zero-order valence-electron chi connectivity index (χ0n) is 23.6. The maximum absolute atomic E-state index is 13.4. The van der Waals surface area contributed by atoms with Gasteiger partial charge in [-0.05, 0) is 54.8 Å². The van der Waals surface area contributed by atoms with Crippen LogP contribution >= 0.6 is 23.2 Å². The van der Waals surface area contributed by atoms with Gasteiger partial charge in [-0.1, -0.05) is 61.3 Å². The van der Waals surface area contributed by atoms with E-state index < -0.39 is 54.8 Å². The van der Waals surface area contributed by atoms with Crippen molar-refractivity contribution in [2.45, 2.75) is 26.3 Å². The van der Waals surface area contributed by atoms with Crippen LogP contribution in [0.3, 0.4) is 0 Å². The van der Waals surface area contributed by atoms with E-state index in [4.69, 9.17) is 32.7 Å². The van der Waals surface area contributed by atoms with Crippen molar-refractivity contribution >= 4 is 70.1 Å². The highest BCUT2D eigenvalue weighted by Crippen LogP contribution is 2.29.